The number of hydrogen-bond donors (Lipinski definition) is 1. The van der Waals surface area contributed by atoms with Crippen molar-refractivity contribution in [3.05, 3.63) is 106 Å². The smallest absolute Gasteiger partial charge is 0.218 e. The Balaban J connectivity index is 1.85. The van der Waals surface area contributed by atoms with Gasteiger partial charge in [-0.25, -0.2) is 8.78 Å². The van der Waals surface area contributed by atoms with Gasteiger partial charge in [0.2, 0.25) is 5.95 Å². The van der Waals surface area contributed by atoms with Gasteiger partial charge in [-0.1, -0.05) is 36.4 Å². The van der Waals surface area contributed by atoms with Crippen LogP contribution in [0, 0.1) is 34.8 Å². The molecule has 4 aromatic rings. The van der Waals surface area contributed by atoms with E-state index in [1.807, 2.05) is 0 Å². The molecule has 172 valence electrons. The molecular weight excluding hydrogens is 451 g/mol. The maximum Gasteiger partial charge on any atom is 0.218 e. The first-order valence-electron chi connectivity index (χ1n) is 11.0. The lowest BCUT2D eigenvalue weighted by Crippen LogP contribution is -2.02. The van der Waals surface area contributed by atoms with Crippen molar-refractivity contribution in [3.63, 3.8) is 0 Å². The van der Waals surface area contributed by atoms with Crippen LogP contribution in [0.1, 0.15) is 40.7 Å². The van der Waals surface area contributed by atoms with Crippen molar-refractivity contribution in [1.29, 1.82) is 5.26 Å². The molecule has 5 rings (SSSR count). The molecule has 0 radical (unpaired) electrons. The van der Waals surface area contributed by atoms with Crippen LogP contribution in [0.3, 0.4) is 0 Å². The lowest BCUT2D eigenvalue weighted by Gasteiger charge is -2.19. The molecule has 0 saturated heterocycles. The highest BCUT2D eigenvalue weighted by Gasteiger charge is 2.33. The van der Waals surface area contributed by atoms with Crippen molar-refractivity contribution in [3.8, 4) is 6.07 Å². The average Bonchev–Trinajstić information content (AvgIpc) is 3.63. The van der Waals surface area contributed by atoms with Gasteiger partial charge in [0.05, 0.1) is 16.5 Å². The summed E-state index contributed by atoms with van der Waals surface area (Å²) < 4.78 is 43.4. The van der Waals surface area contributed by atoms with E-state index in [0.29, 0.717) is 34.1 Å². The summed E-state index contributed by atoms with van der Waals surface area (Å²) in [5, 5.41) is 16.3. The molecule has 4 nitrogen and oxygen atoms in total. The SMILES string of the molecule is N#Cc1c(/C(=C(/c2ccc(F)cc2F)C2CC2)c2ccc(/C=C/C=O)cc2)ccc2n[nH]c(F)c12. The normalized spacial score (nSPS) is 14.2. The Morgan fingerprint density at radius 1 is 1.03 bits per heavy atom. The fraction of sp³-hybridized carbons (Fsp3) is 0.107. The highest BCUT2D eigenvalue weighted by Crippen LogP contribution is 2.49. The van der Waals surface area contributed by atoms with Crippen molar-refractivity contribution in [2.45, 2.75) is 12.8 Å². The maximum absolute atomic E-state index is 15.1. The number of H-pyrrole nitrogens is 1. The third kappa shape index (κ3) is 4.15. The number of rotatable bonds is 6. The summed E-state index contributed by atoms with van der Waals surface area (Å²) in [6, 6.07) is 16.0. The lowest BCUT2D eigenvalue weighted by molar-refractivity contribution is -0.104. The molecule has 0 bridgehead atoms. The molecule has 1 N–H and O–H groups in total. The molecule has 0 unspecified atom stereocenters. The topological polar surface area (TPSA) is 69.5 Å². The summed E-state index contributed by atoms with van der Waals surface area (Å²) in [5.74, 6) is -2.12. The van der Waals surface area contributed by atoms with E-state index >= 15 is 4.39 Å². The van der Waals surface area contributed by atoms with Gasteiger partial charge in [-0.2, -0.15) is 14.8 Å². The fourth-order valence-corrected chi connectivity index (χ4v) is 4.40. The van der Waals surface area contributed by atoms with Gasteiger partial charge < -0.3 is 0 Å². The fourth-order valence-electron chi connectivity index (χ4n) is 4.40. The van der Waals surface area contributed by atoms with Gasteiger partial charge in [-0.15, -0.1) is 0 Å². The number of aromatic nitrogens is 2. The molecule has 1 aliphatic rings. The molecule has 3 aromatic carbocycles. The molecule has 1 aliphatic carbocycles. The van der Waals surface area contributed by atoms with Gasteiger partial charge in [-0.3, -0.25) is 9.89 Å². The molecule has 0 amide bonds. The summed E-state index contributed by atoms with van der Waals surface area (Å²) in [7, 11) is 0. The van der Waals surface area contributed by atoms with Crippen LogP contribution in [-0.2, 0) is 4.79 Å². The van der Waals surface area contributed by atoms with E-state index in [4.69, 9.17) is 0 Å². The standard InChI is InChI=1S/C28H18F3N3O/c29-19-9-10-21(23(30)14-19)26(18-7-8-18)25(17-5-3-16(4-6-17)2-1-13-35)20-11-12-24-27(22(20)15-32)28(31)34-33-24/h1-6,9-14,18H,7-8H2,(H,33,34)/b2-1+,26-25+. The Morgan fingerprint density at radius 3 is 2.43 bits per heavy atom. The van der Waals surface area contributed by atoms with Gasteiger partial charge in [-0.05, 0) is 65.3 Å². The Morgan fingerprint density at radius 2 is 1.77 bits per heavy atom. The van der Waals surface area contributed by atoms with Gasteiger partial charge in [0.25, 0.3) is 0 Å². The highest BCUT2D eigenvalue weighted by molar-refractivity contribution is 6.04. The first kappa shape index (κ1) is 22.4. The largest absolute Gasteiger partial charge is 0.299 e. The molecule has 1 fully saturated rings. The summed E-state index contributed by atoms with van der Waals surface area (Å²) in [6.07, 6.45) is 5.31. The number of halogens is 3. The number of aromatic amines is 1. The third-order valence-corrected chi connectivity index (χ3v) is 6.10. The van der Waals surface area contributed by atoms with Crippen LogP contribution in [0.5, 0.6) is 0 Å². The minimum absolute atomic E-state index is 0.00367. The summed E-state index contributed by atoms with van der Waals surface area (Å²) in [5.41, 5.74) is 3.72. The Labute approximate surface area is 199 Å². The molecule has 0 aliphatic heterocycles. The van der Waals surface area contributed by atoms with E-state index in [2.05, 4.69) is 16.3 Å². The number of benzene rings is 3. The number of carbonyl (C=O) groups excluding carboxylic acids is 1. The Hall–Kier alpha value is -4.44. The van der Waals surface area contributed by atoms with E-state index < -0.39 is 17.6 Å². The summed E-state index contributed by atoms with van der Waals surface area (Å²) in [4.78, 5) is 10.7. The molecule has 0 spiro atoms. The molecule has 0 atom stereocenters. The van der Waals surface area contributed by atoms with E-state index in [9.17, 15) is 18.8 Å². The monoisotopic (exact) mass is 469 g/mol. The molecule has 1 aromatic heterocycles. The first-order chi connectivity index (χ1) is 17.0. The van der Waals surface area contributed by atoms with Crippen molar-refractivity contribution >= 4 is 34.4 Å². The van der Waals surface area contributed by atoms with Crippen molar-refractivity contribution < 1.29 is 18.0 Å². The van der Waals surface area contributed by atoms with E-state index in [-0.39, 0.29) is 22.4 Å². The zero-order chi connectivity index (χ0) is 24.5. The van der Waals surface area contributed by atoms with Crippen molar-refractivity contribution in [1.82, 2.24) is 10.2 Å². The van der Waals surface area contributed by atoms with Crippen molar-refractivity contribution in [2.24, 2.45) is 5.92 Å². The zero-order valence-corrected chi connectivity index (χ0v) is 18.4. The second kappa shape index (κ2) is 9.07. The van der Waals surface area contributed by atoms with Crippen LogP contribution >= 0.6 is 0 Å². The minimum Gasteiger partial charge on any atom is -0.299 e. The van der Waals surface area contributed by atoms with E-state index in [0.717, 1.165) is 24.5 Å². The average molecular weight is 469 g/mol. The summed E-state index contributed by atoms with van der Waals surface area (Å²) >= 11 is 0. The molecule has 7 heteroatoms. The number of aldehydes is 1. The highest BCUT2D eigenvalue weighted by atomic mass is 19.1. The third-order valence-electron chi connectivity index (χ3n) is 6.10. The van der Waals surface area contributed by atoms with Crippen LogP contribution in [0.25, 0.3) is 28.1 Å². The van der Waals surface area contributed by atoms with Crippen LogP contribution in [0.2, 0.25) is 0 Å². The predicted molar refractivity (Wildman–Crippen MR) is 127 cm³/mol. The van der Waals surface area contributed by atoms with Gasteiger partial charge >= 0.3 is 0 Å². The predicted octanol–water partition coefficient (Wildman–Crippen LogP) is 6.43. The maximum atomic E-state index is 15.1. The van der Waals surface area contributed by atoms with Crippen LogP contribution in [-0.4, -0.2) is 16.5 Å². The number of hydrogen-bond acceptors (Lipinski definition) is 3. The van der Waals surface area contributed by atoms with Gasteiger partial charge in [0.1, 0.15) is 24.0 Å². The molecular formula is C28H18F3N3O. The van der Waals surface area contributed by atoms with E-state index in [1.54, 1.807) is 42.5 Å². The van der Waals surface area contributed by atoms with E-state index in [1.165, 1.54) is 18.2 Å². The second-order valence-corrected chi connectivity index (χ2v) is 8.34. The molecule has 35 heavy (non-hydrogen) atoms. The number of carbonyl (C=O) groups is 1. The van der Waals surface area contributed by atoms with Gasteiger partial charge in [0, 0.05) is 17.2 Å². The van der Waals surface area contributed by atoms with Crippen LogP contribution in [0.15, 0.2) is 60.7 Å². The molecule has 1 heterocycles. The quantitative estimate of drug-likeness (QED) is 0.201. The van der Waals surface area contributed by atoms with Gasteiger partial charge in [0.15, 0.2) is 0 Å². The number of nitrogens with one attached hydrogen (secondary N) is 1. The van der Waals surface area contributed by atoms with Crippen LogP contribution in [0.4, 0.5) is 13.2 Å². The number of allylic oxidation sites excluding steroid dienone is 2. The number of nitriles is 1. The van der Waals surface area contributed by atoms with Crippen molar-refractivity contribution in [2.75, 3.05) is 0 Å². The number of nitrogens with zero attached hydrogens (tertiary/aromatic N) is 2. The zero-order valence-electron chi connectivity index (χ0n) is 18.4. The molecule has 1 saturated carbocycles. The first-order valence-corrected chi connectivity index (χ1v) is 11.0. The Bertz CT molecular complexity index is 1560. The second-order valence-electron chi connectivity index (χ2n) is 8.34. The van der Waals surface area contributed by atoms with Crippen LogP contribution < -0.4 is 0 Å². The summed E-state index contributed by atoms with van der Waals surface area (Å²) in [6.45, 7) is 0. The minimum atomic E-state index is -0.729. The number of fused-ring (bicyclic) bond motifs is 1. The lowest BCUT2D eigenvalue weighted by atomic mass is 9.84. The Kier molecular flexibility index (Phi) is 5.79.